The van der Waals surface area contributed by atoms with Gasteiger partial charge in [0.1, 0.15) is 11.6 Å². The average Bonchev–Trinajstić information content (AvgIpc) is 3.21. The minimum atomic E-state index is -0.101. The predicted octanol–water partition coefficient (Wildman–Crippen LogP) is 1.83. The highest BCUT2D eigenvalue weighted by molar-refractivity contribution is 5.44. The summed E-state index contributed by atoms with van der Waals surface area (Å²) in [5, 5.41) is 0. The Balaban J connectivity index is 1.89. The van der Waals surface area contributed by atoms with E-state index < -0.39 is 0 Å². The third-order valence-electron chi connectivity index (χ3n) is 3.46. The van der Waals surface area contributed by atoms with Crippen LogP contribution >= 0.6 is 0 Å². The Morgan fingerprint density at radius 3 is 2.65 bits per heavy atom. The smallest absolute Gasteiger partial charge is 0.252 e. The van der Waals surface area contributed by atoms with Gasteiger partial charge >= 0.3 is 0 Å². The number of aryl methyl sites for hydroxylation is 1. The molecule has 5 nitrogen and oxygen atoms in total. The Bertz CT molecular complexity index is 658. The van der Waals surface area contributed by atoms with Gasteiger partial charge in [-0.15, -0.1) is 0 Å². The van der Waals surface area contributed by atoms with E-state index in [2.05, 4.69) is 14.9 Å². The molecule has 1 aromatic heterocycles. The molecule has 0 spiro atoms. The number of nitrogen functional groups attached to an aromatic ring is 1. The molecule has 0 unspecified atom stereocenters. The maximum absolute atomic E-state index is 11.6. The van der Waals surface area contributed by atoms with Gasteiger partial charge in [0.05, 0.1) is 0 Å². The molecule has 3 rings (SSSR count). The van der Waals surface area contributed by atoms with E-state index in [1.54, 1.807) is 13.0 Å². The second kappa shape index (κ2) is 5.00. The molecule has 1 heterocycles. The molecule has 5 heteroatoms. The third-order valence-corrected chi connectivity index (χ3v) is 3.46. The van der Waals surface area contributed by atoms with Crippen molar-refractivity contribution in [2.45, 2.75) is 32.4 Å². The van der Waals surface area contributed by atoms with E-state index in [0.717, 1.165) is 30.9 Å². The first kappa shape index (κ1) is 12.7. The Morgan fingerprint density at radius 1 is 1.35 bits per heavy atom. The number of rotatable bonds is 4. The Morgan fingerprint density at radius 2 is 2.05 bits per heavy atom. The molecule has 0 radical (unpaired) electrons. The van der Waals surface area contributed by atoms with Crippen LogP contribution in [0.5, 0.6) is 0 Å². The summed E-state index contributed by atoms with van der Waals surface area (Å²) in [5.41, 5.74) is 7.54. The van der Waals surface area contributed by atoms with Gasteiger partial charge in [-0.3, -0.25) is 4.79 Å². The van der Waals surface area contributed by atoms with Crippen molar-refractivity contribution in [3.63, 3.8) is 0 Å². The first-order valence-corrected chi connectivity index (χ1v) is 6.81. The Kier molecular flexibility index (Phi) is 3.18. The van der Waals surface area contributed by atoms with E-state index in [9.17, 15) is 4.79 Å². The van der Waals surface area contributed by atoms with Crippen LogP contribution in [0.25, 0.3) is 0 Å². The minimum Gasteiger partial charge on any atom is -0.399 e. The molecule has 20 heavy (non-hydrogen) atoms. The minimum absolute atomic E-state index is 0.101. The first-order chi connectivity index (χ1) is 9.61. The molecule has 3 N–H and O–H groups in total. The molecule has 1 fully saturated rings. The van der Waals surface area contributed by atoms with Gasteiger partial charge in [0.15, 0.2) is 0 Å². The molecule has 0 saturated heterocycles. The van der Waals surface area contributed by atoms with E-state index in [0.29, 0.717) is 11.9 Å². The van der Waals surface area contributed by atoms with E-state index >= 15 is 0 Å². The number of aromatic nitrogens is 2. The van der Waals surface area contributed by atoms with E-state index in [1.807, 2.05) is 24.3 Å². The molecular formula is C15H18N4O. The number of benzene rings is 1. The van der Waals surface area contributed by atoms with Gasteiger partial charge in [-0.2, -0.15) is 0 Å². The van der Waals surface area contributed by atoms with Gasteiger partial charge in [0, 0.05) is 24.3 Å². The fourth-order valence-electron chi connectivity index (χ4n) is 2.31. The zero-order valence-electron chi connectivity index (χ0n) is 11.5. The third kappa shape index (κ3) is 2.82. The van der Waals surface area contributed by atoms with Gasteiger partial charge in [0.25, 0.3) is 5.56 Å². The highest BCUT2D eigenvalue weighted by atomic mass is 16.1. The second-order valence-corrected chi connectivity index (χ2v) is 5.29. The molecule has 1 saturated carbocycles. The van der Waals surface area contributed by atoms with Crippen molar-refractivity contribution in [2.24, 2.45) is 0 Å². The van der Waals surface area contributed by atoms with Gasteiger partial charge in [-0.25, -0.2) is 4.98 Å². The highest BCUT2D eigenvalue weighted by Crippen LogP contribution is 2.31. The maximum Gasteiger partial charge on any atom is 0.252 e. The lowest BCUT2D eigenvalue weighted by molar-refractivity contribution is 0.768. The number of anilines is 2. The maximum atomic E-state index is 11.6. The summed E-state index contributed by atoms with van der Waals surface area (Å²) in [6, 6.07) is 9.90. The lowest BCUT2D eigenvalue weighted by Gasteiger charge is -2.23. The summed E-state index contributed by atoms with van der Waals surface area (Å²) in [4.78, 5) is 21.0. The molecular weight excluding hydrogens is 252 g/mol. The summed E-state index contributed by atoms with van der Waals surface area (Å²) in [6.07, 6.45) is 2.31. The van der Waals surface area contributed by atoms with E-state index in [-0.39, 0.29) is 5.56 Å². The number of nitrogens with one attached hydrogen (secondary N) is 1. The van der Waals surface area contributed by atoms with Crippen LogP contribution < -0.4 is 16.2 Å². The predicted molar refractivity (Wildman–Crippen MR) is 79.7 cm³/mol. The number of nitrogens with two attached hydrogens (primary N) is 1. The molecule has 1 aliphatic carbocycles. The molecule has 0 atom stereocenters. The zero-order chi connectivity index (χ0) is 14.1. The van der Waals surface area contributed by atoms with Crippen molar-refractivity contribution in [2.75, 3.05) is 10.6 Å². The normalized spacial score (nSPS) is 14.2. The highest BCUT2D eigenvalue weighted by Gasteiger charge is 2.30. The van der Waals surface area contributed by atoms with Crippen LogP contribution in [0.2, 0.25) is 0 Å². The molecule has 0 aliphatic heterocycles. The number of hydrogen-bond acceptors (Lipinski definition) is 4. The SMILES string of the molecule is Cc1nc(N(Cc2ccc(N)cc2)C2CC2)cc(=O)[nH]1. The van der Waals surface area contributed by atoms with Crippen LogP contribution in [0.1, 0.15) is 24.2 Å². The first-order valence-electron chi connectivity index (χ1n) is 6.81. The van der Waals surface area contributed by atoms with E-state index in [1.165, 1.54) is 5.56 Å². The Hall–Kier alpha value is -2.30. The van der Waals surface area contributed by atoms with Crippen LogP contribution in [0.3, 0.4) is 0 Å². The molecule has 1 aliphatic rings. The van der Waals surface area contributed by atoms with Crippen molar-refractivity contribution >= 4 is 11.5 Å². The van der Waals surface area contributed by atoms with Crippen molar-refractivity contribution in [1.82, 2.24) is 9.97 Å². The van der Waals surface area contributed by atoms with Crippen LogP contribution in [0, 0.1) is 6.92 Å². The molecule has 104 valence electrons. The van der Waals surface area contributed by atoms with Crippen molar-refractivity contribution in [1.29, 1.82) is 0 Å². The van der Waals surface area contributed by atoms with Crippen LogP contribution in [0.4, 0.5) is 11.5 Å². The van der Waals surface area contributed by atoms with Gasteiger partial charge < -0.3 is 15.6 Å². The zero-order valence-corrected chi connectivity index (χ0v) is 11.5. The van der Waals surface area contributed by atoms with Crippen LogP contribution in [0.15, 0.2) is 35.1 Å². The average molecular weight is 270 g/mol. The quantitative estimate of drug-likeness (QED) is 0.831. The molecule has 1 aromatic carbocycles. The molecule has 2 aromatic rings. The lowest BCUT2D eigenvalue weighted by Crippen LogP contribution is -2.28. The van der Waals surface area contributed by atoms with Gasteiger partial charge in [0.2, 0.25) is 0 Å². The topological polar surface area (TPSA) is 75.0 Å². The number of nitrogens with zero attached hydrogens (tertiary/aromatic N) is 2. The lowest BCUT2D eigenvalue weighted by atomic mass is 10.2. The number of H-pyrrole nitrogens is 1. The summed E-state index contributed by atoms with van der Waals surface area (Å²) in [5.74, 6) is 1.40. The summed E-state index contributed by atoms with van der Waals surface area (Å²) >= 11 is 0. The monoisotopic (exact) mass is 270 g/mol. The van der Waals surface area contributed by atoms with Crippen molar-refractivity contribution in [3.8, 4) is 0 Å². The second-order valence-electron chi connectivity index (χ2n) is 5.29. The van der Waals surface area contributed by atoms with Gasteiger partial charge in [-0.05, 0) is 37.5 Å². The molecule has 0 bridgehead atoms. The van der Waals surface area contributed by atoms with Crippen molar-refractivity contribution in [3.05, 3.63) is 52.1 Å². The molecule has 0 amide bonds. The van der Waals surface area contributed by atoms with Crippen LogP contribution in [-0.4, -0.2) is 16.0 Å². The summed E-state index contributed by atoms with van der Waals surface area (Å²) in [6.45, 7) is 2.56. The number of hydrogen-bond donors (Lipinski definition) is 2. The fraction of sp³-hybridized carbons (Fsp3) is 0.333. The van der Waals surface area contributed by atoms with Crippen molar-refractivity contribution < 1.29 is 0 Å². The fourth-order valence-corrected chi connectivity index (χ4v) is 2.31. The van der Waals surface area contributed by atoms with Gasteiger partial charge in [-0.1, -0.05) is 12.1 Å². The standard InChI is InChI=1S/C15H18N4O/c1-10-17-14(8-15(20)18-10)19(13-6-7-13)9-11-2-4-12(16)5-3-11/h2-5,8,13H,6-7,9,16H2,1H3,(H,17,18,20). The largest absolute Gasteiger partial charge is 0.399 e. The number of aromatic amines is 1. The van der Waals surface area contributed by atoms with E-state index in [4.69, 9.17) is 5.73 Å². The van der Waals surface area contributed by atoms with Crippen LogP contribution in [-0.2, 0) is 6.54 Å². The summed E-state index contributed by atoms with van der Waals surface area (Å²) in [7, 11) is 0. The Labute approximate surface area is 117 Å². The summed E-state index contributed by atoms with van der Waals surface area (Å²) < 4.78 is 0.